The molecule has 21 heavy (non-hydrogen) atoms. The number of hydrogen-bond donors (Lipinski definition) is 1. The number of hydrogen-bond acceptors (Lipinski definition) is 2. The molecule has 1 N–H and O–H groups in total. The van der Waals surface area contributed by atoms with Crippen LogP contribution >= 0.6 is 0 Å². The van der Waals surface area contributed by atoms with Crippen LogP contribution < -0.4 is 5.32 Å². The summed E-state index contributed by atoms with van der Waals surface area (Å²) in [5, 5.41) is 2.88. The van der Waals surface area contributed by atoms with E-state index >= 15 is 0 Å². The Hall–Kier alpha value is -1.84. The molecular weight excluding hydrogens is 264 g/mol. The van der Waals surface area contributed by atoms with Gasteiger partial charge in [-0.2, -0.15) is 0 Å². The van der Waals surface area contributed by atoms with Gasteiger partial charge in [-0.25, -0.2) is 0 Å². The second-order valence-corrected chi connectivity index (χ2v) is 6.45. The van der Waals surface area contributed by atoms with E-state index in [-0.39, 0.29) is 11.8 Å². The van der Waals surface area contributed by atoms with Crippen LogP contribution in [0.5, 0.6) is 0 Å². The molecule has 1 aromatic carbocycles. The lowest BCUT2D eigenvalue weighted by Crippen LogP contribution is -2.46. The molecule has 0 radical (unpaired) electrons. The number of carbonyl (C=O) groups is 2. The van der Waals surface area contributed by atoms with Crippen molar-refractivity contribution >= 4 is 17.5 Å². The van der Waals surface area contributed by atoms with Crippen molar-refractivity contribution in [2.24, 2.45) is 5.41 Å². The Morgan fingerprint density at radius 1 is 1.05 bits per heavy atom. The molecule has 1 aliphatic heterocycles. The molecule has 0 spiro atoms. The molecule has 0 unspecified atom stereocenters. The number of nitrogens with one attached hydrogen (secondary N) is 1. The third kappa shape index (κ3) is 3.43. The van der Waals surface area contributed by atoms with Crippen molar-refractivity contribution in [1.29, 1.82) is 0 Å². The van der Waals surface area contributed by atoms with Gasteiger partial charge >= 0.3 is 0 Å². The Bertz CT molecular complexity index is 538. The second kappa shape index (κ2) is 5.88. The predicted molar refractivity (Wildman–Crippen MR) is 84.1 cm³/mol. The maximum absolute atomic E-state index is 12.5. The van der Waals surface area contributed by atoms with Crippen molar-refractivity contribution in [3.63, 3.8) is 0 Å². The summed E-state index contributed by atoms with van der Waals surface area (Å²) in [6.07, 6.45) is 2.06. The fourth-order valence-corrected chi connectivity index (χ4v) is 2.75. The highest BCUT2D eigenvalue weighted by Gasteiger charge is 2.39. The number of carbonyl (C=O) groups excluding carboxylic acids is 2. The maximum Gasteiger partial charge on any atom is 0.239 e. The standard InChI is InChI=1S/C17H24N2O2/c1-12-9-13(2)11-14(10-12)18-15(20)17(3,4)16(21)19-7-5-6-8-19/h9-11H,5-8H2,1-4H3,(H,18,20). The van der Waals surface area contributed by atoms with Crippen LogP contribution in [-0.2, 0) is 9.59 Å². The molecule has 1 aliphatic rings. The van der Waals surface area contributed by atoms with Gasteiger partial charge in [-0.15, -0.1) is 0 Å². The second-order valence-electron chi connectivity index (χ2n) is 6.45. The summed E-state index contributed by atoms with van der Waals surface area (Å²) in [5.41, 5.74) is 1.89. The first-order valence-electron chi connectivity index (χ1n) is 7.50. The van der Waals surface area contributed by atoms with Gasteiger partial charge in [0.1, 0.15) is 5.41 Å². The van der Waals surface area contributed by atoms with Crippen LogP contribution in [-0.4, -0.2) is 29.8 Å². The number of likely N-dealkylation sites (tertiary alicyclic amines) is 1. The highest BCUT2D eigenvalue weighted by Crippen LogP contribution is 2.25. The maximum atomic E-state index is 12.5. The van der Waals surface area contributed by atoms with Gasteiger partial charge in [-0.3, -0.25) is 9.59 Å². The van der Waals surface area contributed by atoms with Gasteiger partial charge in [0.2, 0.25) is 11.8 Å². The Morgan fingerprint density at radius 3 is 2.10 bits per heavy atom. The number of aryl methyl sites for hydroxylation is 2. The summed E-state index contributed by atoms with van der Waals surface area (Å²) in [6.45, 7) is 8.90. The average molecular weight is 288 g/mol. The number of benzene rings is 1. The van der Waals surface area contributed by atoms with Crippen LogP contribution in [0.15, 0.2) is 18.2 Å². The largest absolute Gasteiger partial charge is 0.342 e. The topological polar surface area (TPSA) is 49.4 Å². The number of anilines is 1. The molecule has 1 heterocycles. The van der Waals surface area contributed by atoms with E-state index in [9.17, 15) is 9.59 Å². The van der Waals surface area contributed by atoms with E-state index in [1.54, 1.807) is 18.7 Å². The van der Waals surface area contributed by atoms with Crippen LogP contribution in [0, 0.1) is 19.3 Å². The molecule has 4 nitrogen and oxygen atoms in total. The van der Waals surface area contributed by atoms with Crippen molar-refractivity contribution in [3.05, 3.63) is 29.3 Å². The van der Waals surface area contributed by atoms with E-state index in [2.05, 4.69) is 11.4 Å². The SMILES string of the molecule is Cc1cc(C)cc(NC(=O)C(C)(C)C(=O)N2CCCC2)c1. The fourth-order valence-electron chi connectivity index (χ4n) is 2.75. The zero-order valence-electron chi connectivity index (χ0n) is 13.3. The first-order valence-corrected chi connectivity index (χ1v) is 7.50. The van der Waals surface area contributed by atoms with E-state index in [4.69, 9.17) is 0 Å². The van der Waals surface area contributed by atoms with Gasteiger partial charge in [-0.1, -0.05) is 6.07 Å². The van der Waals surface area contributed by atoms with Gasteiger partial charge in [0.05, 0.1) is 0 Å². The first kappa shape index (κ1) is 15.5. The Kier molecular flexibility index (Phi) is 4.35. The molecule has 2 amide bonds. The van der Waals surface area contributed by atoms with Crippen LogP contribution in [0.25, 0.3) is 0 Å². The Morgan fingerprint density at radius 2 is 1.57 bits per heavy atom. The molecule has 1 saturated heterocycles. The van der Waals surface area contributed by atoms with Crippen molar-refractivity contribution in [2.75, 3.05) is 18.4 Å². The van der Waals surface area contributed by atoms with E-state index in [1.165, 1.54) is 0 Å². The van der Waals surface area contributed by atoms with Crippen molar-refractivity contribution in [1.82, 2.24) is 4.90 Å². The minimum atomic E-state index is -1.04. The summed E-state index contributed by atoms with van der Waals surface area (Å²) < 4.78 is 0. The monoisotopic (exact) mass is 288 g/mol. The molecule has 1 fully saturated rings. The quantitative estimate of drug-likeness (QED) is 0.869. The lowest BCUT2D eigenvalue weighted by molar-refractivity contribution is -0.145. The number of rotatable bonds is 3. The Labute approximate surface area is 126 Å². The normalized spacial score (nSPS) is 15.1. The highest BCUT2D eigenvalue weighted by atomic mass is 16.2. The molecule has 114 valence electrons. The highest BCUT2D eigenvalue weighted by molar-refractivity contribution is 6.09. The molecule has 0 bridgehead atoms. The van der Waals surface area contributed by atoms with Gasteiger partial charge < -0.3 is 10.2 Å². The van der Waals surface area contributed by atoms with E-state index in [0.717, 1.165) is 42.7 Å². The van der Waals surface area contributed by atoms with Gasteiger partial charge in [-0.05, 0) is 63.8 Å². The Balaban J connectivity index is 2.12. The minimum Gasteiger partial charge on any atom is -0.342 e. The van der Waals surface area contributed by atoms with Gasteiger partial charge in [0, 0.05) is 18.8 Å². The molecular formula is C17H24N2O2. The molecule has 0 atom stereocenters. The van der Waals surface area contributed by atoms with Crippen LogP contribution in [0.3, 0.4) is 0 Å². The lowest BCUT2D eigenvalue weighted by atomic mass is 9.90. The lowest BCUT2D eigenvalue weighted by Gasteiger charge is -2.28. The zero-order valence-corrected chi connectivity index (χ0v) is 13.3. The van der Waals surface area contributed by atoms with Crippen molar-refractivity contribution in [2.45, 2.75) is 40.5 Å². The van der Waals surface area contributed by atoms with Crippen molar-refractivity contribution in [3.8, 4) is 0 Å². The predicted octanol–water partition coefficient (Wildman–Crippen LogP) is 2.89. The molecule has 1 aromatic rings. The average Bonchev–Trinajstić information content (AvgIpc) is 2.90. The first-order chi connectivity index (χ1) is 9.80. The molecule has 4 heteroatoms. The van der Waals surface area contributed by atoms with E-state index in [0.29, 0.717) is 0 Å². The molecule has 0 aliphatic carbocycles. The van der Waals surface area contributed by atoms with E-state index in [1.807, 2.05) is 26.0 Å². The molecule has 0 saturated carbocycles. The summed E-state index contributed by atoms with van der Waals surface area (Å²) in [4.78, 5) is 26.8. The summed E-state index contributed by atoms with van der Waals surface area (Å²) in [6, 6.07) is 5.89. The minimum absolute atomic E-state index is 0.0816. The van der Waals surface area contributed by atoms with E-state index < -0.39 is 5.41 Å². The van der Waals surface area contributed by atoms with Crippen LogP contribution in [0.4, 0.5) is 5.69 Å². The van der Waals surface area contributed by atoms with Gasteiger partial charge in [0.15, 0.2) is 0 Å². The van der Waals surface area contributed by atoms with Crippen LogP contribution in [0.2, 0.25) is 0 Å². The zero-order chi connectivity index (χ0) is 15.6. The van der Waals surface area contributed by atoms with Gasteiger partial charge in [0.25, 0.3) is 0 Å². The van der Waals surface area contributed by atoms with Crippen molar-refractivity contribution < 1.29 is 9.59 Å². The number of nitrogens with zero attached hydrogens (tertiary/aromatic N) is 1. The molecule has 2 rings (SSSR count). The fraction of sp³-hybridized carbons (Fsp3) is 0.529. The summed E-state index contributed by atoms with van der Waals surface area (Å²) >= 11 is 0. The molecule has 0 aromatic heterocycles. The summed E-state index contributed by atoms with van der Waals surface area (Å²) in [5.74, 6) is -0.328. The summed E-state index contributed by atoms with van der Waals surface area (Å²) in [7, 11) is 0. The third-order valence-electron chi connectivity index (χ3n) is 3.98. The number of amides is 2. The third-order valence-corrected chi connectivity index (χ3v) is 3.98. The van der Waals surface area contributed by atoms with Crippen LogP contribution in [0.1, 0.15) is 37.8 Å². The smallest absolute Gasteiger partial charge is 0.239 e.